The van der Waals surface area contributed by atoms with E-state index in [4.69, 9.17) is 25.9 Å². The molecule has 7 nitrogen and oxygen atoms in total. The Bertz CT molecular complexity index is 2090. The molecule has 0 aliphatic rings. The van der Waals surface area contributed by atoms with E-state index in [1.807, 2.05) is 0 Å². The van der Waals surface area contributed by atoms with Crippen LogP contribution in [0.5, 0.6) is 0 Å². The van der Waals surface area contributed by atoms with E-state index in [9.17, 15) is 26.3 Å². The maximum atomic E-state index is 10.7. The van der Waals surface area contributed by atoms with Gasteiger partial charge in [-0.05, 0) is 0 Å². The van der Waals surface area contributed by atoms with E-state index in [0.29, 0.717) is 0 Å². The van der Waals surface area contributed by atoms with Crippen LogP contribution in [0.4, 0.5) is 26.3 Å². The van der Waals surface area contributed by atoms with Crippen molar-refractivity contribution in [2.24, 2.45) is 0 Å². The second-order valence-corrected chi connectivity index (χ2v) is 33.6. The van der Waals surface area contributed by atoms with Crippen LogP contribution in [0.25, 0.3) is 0 Å². The second kappa shape index (κ2) is 23.2. The average Bonchev–Trinajstić information content (AvgIpc) is 3.16. The summed E-state index contributed by atoms with van der Waals surface area (Å²) >= 11 is -4.29. The molecule has 61 heavy (non-hydrogen) atoms. The minimum Gasteiger partial charge on any atom is -0.412 e. The monoisotopic (exact) mass is 1280 g/mol. The van der Waals surface area contributed by atoms with Gasteiger partial charge in [-0.25, -0.2) is 0 Å². The second-order valence-electron chi connectivity index (χ2n) is 13.5. The molecule has 0 heterocycles. The van der Waals surface area contributed by atoms with Gasteiger partial charge in [0.05, 0.1) is 0 Å². The first kappa shape index (κ1) is 53.6. The van der Waals surface area contributed by atoms with Gasteiger partial charge in [0.2, 0.25) is 0 Å². The number of alkyl halides is 6. The molecule has 0 radical (unpaired) electrons. The van der Waals surface area contributed by atoms with Crippen LogP contribution in [0.1, 0.15) is 33.4 Å². The van der Waals surface area contributed by atoms with Crippen molar-refractivity contribution in [2.75, 3.05) is 0 Å². The van der Waals surface area contributed by atoms with E-state index in [0.717, 1.165) is 0 Å². The van der Waals surface area contributed by atoms with Crippen LogP contribution >= 0.6 is 0 Å². The van der Waals surface area contributed by atoms with Crippen LogP contribution in [0.3, 0.4) is 0 Å². The van der Waals surface area contributed by atoms with Crippen LogP contribution in [0.2, 0.25) is 0 Å². The van der Waals surface area contributed by atoms with Crippen LogP contribution in [-0.2, 0) is 20.2 Å². The van der Waals surface area contributed by atoms with E-state index >= 15 is 0 Å². The Labute approximate surface area is 369 Å². The first-order valence-corrected chi connectivity index (χ1v) is 31.2. The number of aryl methyl sites for hydroxylation is 6. The van der Waals surface area contributed by atoms with E-state index in [1.165, 1.54) is 33.4 Å². The van der Waals surface area contributed by atoms with Gasteiger partial charge in [0.25, 0.3) is 0 Å². The van der Waals surface area contributed by atoms with Crippen LogP contribution in [-0.4, -0.2) is 85.9 Å². The fourth-order valence-corrected chi connectivity index (χ4v) is 22.4. The van der Waals surface area contributed by atoms with Crippen molar-refractivity contribution < 1.29 is 57.8 Å². The van der Waals surface area contributed by atoms with Gasteiger partial charge in [-0.1, -0.05) is 0 Å². The zero-order valence-electron chi connectivity index (χ0n) is 33.9. The molecule has 328 valence electrons. The Morgan fingerprint density at radius 2 is 0.426 bits per heavy atom. The SMILES string of the molecule is Cc1cc[c]([Bi]([c]2ccc(C)cc2)[c]2ccc(C)cc2)cc1.Cc1cc[c]([Bi]([c]2ccc(C)cc2)[c]2ccc(C)cc2)cc1.O.O=S(=O)(O)C(F)(F)F.O=S(=O)(O)C(F)(F)F. The first-order valence-electron chi connectivity index (χ1n) is 17.8. The molecule has 6 rings (SSSR count). The van der Waals surface area contributed by atoms with E-state index in [-0.39, 0.29) is 5.48 Å². The Hall–Kier alpha value is -3.55. The minimum absolute atomic E-state index is 0. The van der Waals surface area contributed by atoms with E-state index in [2.05, 4.69) is 187 Å². The van der Waals surface area contributed by atoms with Crippen LogP contribution < -0.4 is 19.6 Å². The maximum Gasteiger partial charge on any atom is 0.522 e. The Morgan fingerprint density at radius 3 is 0.508 bits per heavy atom. The van der Waals surface area contributed by atoms with Crippen molar-refractivity contribution >= 4 is 83.4 Å². The van der Waals surface area contributed by atoms with Crippen molar-refractivity contribution in [3.8, 4) is 0 Å². The van der Waals surface area contributed by atoms with Gasteiger partial charge in [0, 0.05) is 0 Å². The summed E-state index contributed by atoms with van der Waals surface area (Å²) in [6.07, 6.45) is 0. The first-order chi connectivity index (χ1) is 27.8. The molecule has 6 aromatic rings. The third kappa shape index (κ3) is 17.3. The van der Waals surface area contributed by atoms with Crippen LogP contribution in [0.15, 0.2) is 146 Å². The molecule has 6 aromatic carbocycles. The molecular weight excluding hydrogens is 1240 g/mol. The third-order valence-corrected chi connectivity index (χ3v) is 28.5. The summed E-state index contributed by atoms with van der Waals surface area (Å²) in [4.78, 5) is 0. The Morgan fingerprint density at radius 1 is 0.328 bits per heavy atom. The van der Waals surface area contributed by atoms with Gasteiger partial charge in [0.15, 0.2) is 0 Å². The molecule has 0 amide bonds. The van der Waals surface area contributed by atoms with Gasteiger partial charge in [-0.15, -0.1) is 0 Å². The predicted octanol–water partition coefficient (Wildman–Crippen LogP) is 6.22. The van der Waals surface area contributed by atoms with Crippen molar-refractivity contribution in [2.45, 2.75) is 52.6 Å². The number of hydrogen-bond acceptors (Lipinski definition) is 4. The quantitative estimate of drug-likeness (QED) is 0.0880. The summed E-state index contributed by atoms with van der Waals surface area (Å²) in [6, 6.07) is 55.1. The molecule has 0 bridgehead atoms. The summed E-state index contributed by atoms with van der Waals surface area (Å²) in [6.45, 7) is 12.9. The van der Waals surface area contributed by atoms with Crippen molar-refractivity contribution in [3.05, 3.63) is 179 Å². The zero-order chi connectivity index (χ0) is 45.1. The van der Waals surface area contributed by atoms with Crippen LogP contribution in [0, 0.1) is 41.5 Å². The largest absolute Gasteiger partial charge is 0.522 e. The van der Waals surface area contributed by atoms with E-state index in [1.54, 1.807) is 19.6 Å². The summed E-state index contributed by atoms with van der Waals surface area (Å²) in [5, 5.41) is 0. The smallest absolute Gasteiger partial charge is 0.412 e. The van der Waals surface area contributed by atoms with Gasteiger partial charge in [-0.3, -0.25) is 9.11 Å². The molecule has 0 saturated carbocycles. The Balaban J connectivity index is 0.000000309. The number of rotatable bonds is 6. The molecule has 0 saturated heterocycles. The molecular formula is C44H46Bi2F6O7S2. The minimum atomic E-state index is -5.84. The number of benzene rings is 6. The van der Waals surface area contributed by atoms with Gasteiger partial charge in [0.1, 0.15) is 0 Å². The summed E-state index contributed by atoms with van der Waals surface area (Å²) in [5.41, 5.74) is -3.07. The predicted molar refractivity (Wildman–Crippen MR) is 235 cm³/mol. The van der Waals surface area contributed by atoms with Crippen molar-refractivity contribution in [1.29, 1.82) is 0 Å². The number of hydrogen-bond donors (Lipinski definition) is 2. The molecule has 0 aliphatic heterocycles. The fourth-order valence-electron chi connectivity index (χ4n) is 5.06. The molecule has 0 aliphatic carbocycles. The molecule has 0 fully saturated rings. The van der Waals surface area contributed by atoms with Crippen molar-refractivity contribution in [1.82, 2.24) is 0 Å². The topological polar surface area (TPSA) is 140 Å². The van der Waals surface area contributed by atoms with E-state index < -0.39 is 74.8 Å². The molecule has 0 atom stereocenters. The molecule has 0 aromatic heterocycles. The maximum absolute atomic E-state index is 10.7. The molecule has 17 heteroatoms. The Kier molecular flexibility index (Phi) is 20.4. The summed E-state index contributed by atoms with van der Waals surface area (Å²) < 4.78 is 124. The summed E-state index contributed by atoms with van der Waals surface area (Å²) in [7, 11) is -11.7. The third-order valence-electron chi connectivity index (χ3n) is 8.34. The molecule has 0 unspecified atom stereocenters. The zero-order valence-corrected chi connectivity index (χ0v) is 42.4. The van der Waals surface area contributed by atoms with Gasteiger partial charge in [-0.2, -0.15) is 43.2 Å². The molecule has 4 N–H and O–H groups in total. The van der Waals surface area contributed by atoms with Gasteiger partial charge < -0.3 is 5.48 Å². The van der Waals surface area contributed by atoms with Gasteiger partial charge >= 0.3 is 315 Å². The average molecular weight is 1280 g/mol. The number of halogens is 6. The standard InChI is InChI=1S/6C7H7.2CHF3O3S.2Bi.H2O/c6*1-7-5-3-2-4-6-7;2*2-1(3,4)8(5,6)7;;;/h6*3-6H,1H3;2*(H,5,6,7);;;1H2. The normalized spacial score (nSPS) is 11.5. The van der Waals surface area contributed by atoms with Crippen molar-refractivity contribution in [3.63, 3.8) is 0 Å². The summed E-state index contributed by atoms with van der Waals surface area (Å²) in [5.74, 6) is 0. The molecule has 0 spiro atoms. The fraction of sp³-hybridized carbons (Fsp3) is 0.182.